The molecule has 0 unspecified atom stereocenters. The third kappa shape index (κ3) is 2.99. The number of piperidine rings is 1. The van der Waals surface area contributed by atoms with Crippen LogP contribution in [0.1, 0.15) is 29.6 Å². The summed E-state index contributed by atoms with van der Waals surface area (Å²) in [4.78, 5) is 36.3. The van der Waals surface area contributed by atoms with Gasteiger partial charge in [0.05, 0.1) is 13.7 Å². The third-order valence-electron chi connectivity index (χ3n) is 3.10. The van der Waals surface area contributed by atoms with Gasteiger partial charge < -0.3 is 4.74 Å². The number of ether oxygens (including phenoxy) is 1. The standard InChI is InChI=1S/C14H15NO4/c1-19-11-7-5-10(6-8-11)12(16)9-15-13(17)3-2-4-14(15)18/h5-8H,2-4,9H2,1H3. The van der Waals surface area contributed by atoms with E-state index in [9.17, 15) is 14.4 Å². The van der Waals surface area contributed by atoms with Gasteiger partial charge in [0, 0.05) is 18.4 Å². The summed E-state index contributed by atoms with van der Waals surface area (Å²) in [5.41, 5.74) is 0.465. The Hall–Kier alpha value is -2.17. The van der Waals surface area contributed by atoms with Crippen LogP contribution in [0.25, 0.3) is 0 Å². The molecule has 19 heavy (non-hydrogen) atoms. The quantitative estimate of drug-likeness (QED) is 0.607. The molecule has 1 aromatic rings. The molecular formula is C14H15NO4. The Morgan fingerprint density at radius 3 is 2.26 bits per heavy atom. The zero-order chi connectivity index (χ0) is 13.8. The number of Topliss-reactive ketones (excluding diaryl/α,β-unsaturated/α-hetero) is 1. The number of hydrogen-bond acceptors (Lipinski definition) is 4. The van der Waals surface area contributed by atoms with Gasteiger partial charge >= 0.3 is 0 Å². The van der Waals surface area contributed by atoms with E-state index in [1.54, 1.807) is 31.4 Å². The van der Waals surface area contributed by atoms with Crippen molar-refractivity contribution in [3.05, 3.63) is 29.8 Å². The number of ketones is 1. The molecule has 0 spiro atoms. The second kappa shape index (κ2) is 5.65. The third-order valence-corrected chi connectivity index (χ3v) is 3.10. The number of methoxy groups -OCH3 is 1. The molecule has 2 amide bonds. The van der Waals surface area contributed by atoms with Crippen LogP contribution >= 0.6 is 0 Å². The second-order valence-corrected chi connectivity index (χ2v) is 4.38. The van der Waals surface area contributed by atoms with Crippen molar-refractivity contribution in [2.45, 2.75) is 19.3 Å². The second-order valence-electron chi connectivity index (χ2n) is 4.38. The van der Waals surface area contributed by atoms with E-state index in [2.05, 4.69) is 0 Å². The van der Waals surface area contributed by atoms with E-state index >= 15 is 0 Å². The van der Waals surface area contributed by atoms with Crippen LogP contribution in [0, 0.1) is 0 Å². The minimum Gasteiger partial charge on any atom is -0.497 e. The van der Waals surface area contributed by atoms with Crippen molar-refractivity contribution in [2.75, 3.05) is 13.7 Å². The van der Waals surface area contributed by atoms with Gasteiger partial charge in [0.2, 0.25) is 11.8 Å². The predicted molar refractivity (Wildman–Crippen MR) is 67.9 cm³/mol. The molecule has 1 aliphatic rings. The van der Waals surface area contributed by atoms with Gasteiger partial charge in [-0.1, -0.05) is 0 Å². The first-order valence-corrected chi connectivity index (χ1v) is 6.12. The maximum Gasteiger partial charge on any atom is 0.229 e. The van der Waals surface area contributed by atoms with E-state index in [0.29, 0.717) is 30.6 Å². The van der Waals surface area contributed by atoms with Crippen molar-refractivity contribution >= 4 is 17.6 Å². The summed E-state index contributed by atoms with van der Waals surface area (Å²) in [6.07, 6.45) is 1.24. The number of rotatable bonds is 4. The van der Waals surface area contributed by atoms with E-state index in [-0.39, 0.29) is 24.1 Å². The fourth-order valence-electron chi connectivity index (χ4n) is 1.99. The lowest BCUT2D eigenvalue weighted by Gasteiger charge is -2.24. The van der Waals surface area contributed by atoms with Crippen LogP contribution in [0.3, 0.4) is 0 Å². The summed E-state index contributed by atoms with van der Waals surface area (Å²) in [6, 6.07) is 6.60. The van der Waals surface area contributed by atoms with Crippen LogP contribution in [-0.4, -0.2) is 36.2 Å². The van der Waals surface area contributed by atoms with E-state index in [4.69, 9.17) is 4.74 Å². The smallest absolute Gasteiger partial charge is 0.229 e. The number of likely N-dealkylation sites (tertiary alicyclic amines) is 1. The highest BCUT2D eigenvalue weighted by Crippen LogP contribution is 2.15. The van der Waals surface area contributed by atoms with Gasteiger partial charge in [-0.2, -0.15) is 0 Å². The topological polar surface area (TPSA) is 63.7 Å². The fraction of sp³-hybridized carbons (Fsp3) is 0.357. The number of hydrogen-bond donors (Lipinski definition) is 0. The zero-order valence-corrected chi connectivity index (χ0v) is 10.7. The molecule has 0 atom stereocenters. The summed E-state index contributed by atoms with van der Waals surface area (Å²) >= 11 is 0. The van der Waals surface area contributed by atoms with Gasteiger partial charge in [0.1, 0.15) is 5.75 Å². The lowest BCUT2D eigenvalue weighted by atomic mass is 10.1. The van der Waals surface area contributed by atoms with Crippen molar-refractivity contribution in [3.63, 3.8) is 0 Å². The first-order valence-electron chi connectivity index (χ1n) is 6.12. The highest BCUT2D eigenvalue weighted by Gasteiger charge is 2.27. The van der Waals surface area contributed by atoms with E-state index < -0.39 is 0 Å². The SMILES string of the molecule is COc1ccc(C(=O)CN2C(=O)CCCC2=O)cc1. The molecule has 0 aliphatic carbocycles. The highest BCUT2D eigenvalue weighted by molar-refractivity contribution is 6.05. The van der Waals surface area contributed by atoms with Crippen molar-refractivity contribution in [1.82, 2.24) is 4.90 Å². The molecule has 0 radical (unpaired) electrons. The Morgan fingerprint density at radius 2 is 1.74 bits per heavy atom. The molecule has 1 heterocycles. The van der Waals surface area contributed by atoms with Gasteiger partial charge in [-0.05, 0) is 30.7 Å². The monoisotopic (exact) mass is 261 g/mol. The normalized spacial score (nSPS) is 15.5. The van der Waals surface area contributed by atoms with Gasteiger partial charge in [-0.3, -0.25) is 19.3 Å². The number of nitrogens with zero attached hydrogens (tertiary/aromatic N) is 1. The molecule has 0 saturated carbocycles. The summed E-state index contributed by atoms with van der Waals surface area (Å²) in [5, 5.41) is 0. The average molecular weight is 261 g/mol. The van der Waals surface area contributed by atoms with Crippen LogP contribution in [0.5, 0.6) is 5.75 Å². The Morgan fingerprint density at radius 1 is 1.16 bits per heavy atom. The largest absolute Gasteiger partial charge is 0.497 e. The van der Waals surface area contributed by atoms with Crippen molar-refractivity contribution in [1.29, 1.82) is 0 Å². The zero-order valence-electron chi connectivity index (χ0n) is 10.7. The van der Waals surface area contributed by atoms with Crippen LogP contribution in [0.4, 0.5) is 0 Å². The number of amides is 2. The molecule has 5 heteroatoms. The molecule has 0 aromatic heterocycles. The maximum atomic E-state index is 12.0. The molecule has 1 aliphatic heterocycles. The summed E-state index contributed by atoms with van der Waals surface area (Å²) < 4.78 is 5.00. The lowest BCUT2D eigenvalue weighted by molar-refractivity contribution is -0.147. The number of carbonyl (C=O) groups is 3. The number of carbonyl (C=O) groups excluding carboxylic acids is 3. The molecule has 1 fully saturated rings. The van der Waals surface area contributed by atoms with Gasteiger partial charge in [-0.15, -0.1) is 0 Å². The lowest BCUT2D eigenvalue weighted by Crippen LogP contribution is -2.43. The maximum absolute atomic E-state index is 12.0. The first-order chi connectivity index (χ1) is 9.11. The number of benzene rings is 1. The van der Waals surface area contributed by atoms with E-state index in [0.717, 1.165) is 4.90 Å². The fourth-order valence-corrected chi connectivity index (χ4v) is 1.99. The summed E-state index contributed by atoms with van der Waals surface area (Å²) in [5.74, 6) is -0.121. The first kappa shape index (κ1) is 13.3. The number of imide groups is 1. The molecule has 1 saturated heterocycles. The van der Waals surface area contributed by atoms with E-state index in [1.807, 2.05) is 0 Å². The molecule has 0 N–H and O–H groups in total. The minimum absolute atomic E-state index is 0.177. The van der Waals surface area contributed by atoms with Gasteiger partial charge in [0.25, 0.3) is 0 Å². The van der Waals surface area contributed by atoms with Crippen LogP contribution < -0.4 is 4.74 Å². The Balaban J connectivity index is 2.07. The minimum atomic E-state index is -0.266. The summed E-state index contributed by atoms with van der Waals surface area (Å²) in [7, 11) is 1.54. The molecule has 1 aromatic carbocycles. The van der Waals surface area contributed by atoms with Crippen molar-refractivity contribution in [3.8, 4) is 5.75 Å². The van der Waals surface area contributed by atoms with Crippen molar-refractivity contribution in [2.24, 2.45) is 0 Å². The summed E-state index contributed by atoms with van der Waals surface area (Å²) in [6.45, 7) is -0.177. The molecule has 100 valence electrons. The Bertz CT molecular complexity index is 491. The molecular weight excluding hydrogens is 246 g/mol. The Kier molecular flexibility index (Phi) is 3.94. The van der Waals surface area contributed by atoms with Crippen molar-refractivity contribution < 1.29 is 19.1 Å². The van der Waals surface area contributed by atoms with E-state index in [1.165, 1.54) is 0 Å². The van der Waals surface area contributed by atoms with Gasteiger partial charge in [0.15, 0.2) is 5.78 Å². The van der Waals surface area contributed by atoms with Crippen LogP contribution in [0.15, 0.2) is 24.3 Å². The van der Waals surface area contributed by atoms with Crippen LogP contribution in [-0.2, 0) is 9.59 Å². The highest BCUT2D eigenvalue weighted by atomic mass is 16.5. The van der Waals surface area contributed by atoms with Crippen LogP contribution in [0.2, 0.25) is 0 Å². The predicted octanol–water partition coefficient (Wildman–Crippen LogP) is 1.42. The molecule has 2 rings (SSSR count). The molecule has 5 nitrogen and oxygen atoms in total. The Labute approximate surface area is 111 Å². The average Bonchev–Trinajstić information content (AvgIpc) is 2.43. The van der Waals surface area contributed by atoms with Gasteiger partial charge in [-0.25, -0.2) is 0 Å². The molecule has 0 bridgehead atoms.